The van der Waals surface area contributed by atoms with Gasteiger partial charge < -0.3 is 14.7 Å². The number of aryl methyl sites for hydroxylation is 1. The van der Waals surface area contributed by atoms with Crippen LogP contribution in [0.4, 0.5) is 5.69 Å². The molecule has 9 heteroatoms. The molecule has 4 aliphatic rings. The predicted molar refractivity (Wildman–Crippen MR) is 157 cm³/mol. The minimum absolute atomic E-state index is 0.112. The van der Waals surface area contributed by atoms with E-state index in [1.165, 1.54) is 11.1 Å². The van der Waals surface area contributed by atoms with E-state index >= 15 is 0 Å². The van der Waals surface area contributed by atoms with E-state index in [4.69, 9.17) is 16.3 Å². The van der Waals surface area contributed by atoms with Crippen molar-refractivity contribution in [1.29, 1.82) is 0 Å². The smallest absolute Gasteiger partial charge is 0.264 e. The molecule has 0 radical (unpaired) electrons. The Hall–Kier alpha value is -2.29. The van der Waals surface area contributed by atoms with Crippen LogP contribution in [0.3, 0.4) is 0 Å². The minimum Gasteiger partial charge on any atom is -0.490 e. The average Bonchev–Trinajstić information content (AvgIpc) is 3.02. The van der Waals surface area contributed by atoms with Crippen LogP contribution in [0.25, 0.3) is 0 Å². The lowest BCUT2D eigenvalue weighted by Gasteiger charge is -2.49. The van der Waals surface area contributed by atoms with E-state index in [1.54, 1.807) is 18.2 Å². The quantitative estimate of drug-likeness (QED) is 0.439. The molecule has 2 aliphatic heterocycles. The number of nitrogens with one attached hydrogen (secondary N) is 1. The van der Waals surface area contributed by atoms with Gasteiger partial charge in [0.1, 0.15) is 5.75 Å². The summed E-state index contributed by atoms with van der Waals surface area (Å²) < 4.78 is 34.1. The summed E-state index contributed by atoms with van der Waals surface area (Å²) in [7, 11) is -3.76. The second-order valence-electron chi connectivity index (χ2n) is 12.6. The Bertz CT molecular complexity index is 1410. The number of sulfonamides is 1. The van der Waals surface area contributed by atoms with Crippen molar-refractivity contribution >= 4 is 33.2 Å². The zero-order valence-corrected chi connectivity index (χ0v) is 24.7. The van der Waals surface area contributed by atoms with E-state index in [0.717, 1.165) is 55.8 Å². The van der Waals surface area contributed by atoms with Gasteiger partial charge in [0.2, 0.25) is 10.0 Å². The summed E-state index contributed by atoms with van der Waals surface area (Å²) in [6, 6.07) is 11.4. The van der Waals surface area contributed by atoms with Crippen molar-refractivity contribution in [1.82, 2.24) is 4.72 Å². The van der Waals surface area contributed by atoms with Crippen LogP contribution in [0.15, 0.2) is 36.4 Å². The highest BCUT2D eigenvalue weighted by Gasteiger charge is 2.46. The number of amides is 1. The van der Waals surface area contributed by atoms with E-state index in [9.17, 15) is 18.3 Å². The third-order valence-corrected chi connectivity index (χ3v) is 11.4. The number of rotatable bonds is 0. The molecule has 7 nitrogen and oxygen atoms in total. The molecule has 2 aromatic carbocycles. The maximum atomic E-state index is 13.1. The van der Waals surface area contributed by atoms with Crippen molar-refractivity contribution in [2.24, 2.45) is 11.8 Å². The van der Waals surface area contributed by atoms with Crippen LogP contribution in [0, 0.1) is 11.8 Å². The number of aliphatic hydroxyl groups is 1. The Balaban J connectivity index is 1.42. The van der Waals surface area contributed by atoms with E-state index in [0.29, 0.717) is 49.6 Å². The first-order chi connectivity index (χ1) is 19.1. The van der Waals surface area contributed by atoms with Gasteiger partial charge >= 0.3 is 0 Å². The van der Waals surface area contributed by atoms with E-state index in [-0.39, 0.29) is 17.1 Å². The van der Waals surface area contributed by atoms with Crippen molar-refractivity contribution in [3.8, 4) is 5.75 Å². The second-order valence-corrected chi connectivity index (χ2v) is 14.9. The van der Waals surface area contributed by atoms with Crippen LogP contribution >= 0.6 is 11.6 Å². The fourth-order valence-electron chi connectivity index (χ4n) is 7.53. The molecular formula is C31H39ClN2O5S. The summed E-state index contributed by atoms with van der Waals surface area (Å²) in [6.07, 6.45) is 7.56. The molecule has 0 saturated heterocycles. The van der Waals surface area contributed by atoms with Gasteiger partial charge in [-0.3, -0.25) is 4.79 Å². The fourth-order valence-corrected chi connectivity index (χ4v) is 8.81. The van der Waals surface area contributed by atoms with Crippen LogP contribution < -0.4 is 14.4 Å². The van der Waals surface area contributed by atoms with Crippen molar-refractivity contribution in [3.05, 3.63) is 58.1 Å². The van der Waals surface area contributed by atoms with Crippen molar-refractivity contribution in [2.45, 2.75) is 75.7 Å². The predicted octanol–water partition coefficient (Wildman–Crippen LogP) is 5.22. The zero-order chi connectivity index (χ0) is 28.1. The Kier molecular flexibility index (Phi) is 7.33. The van der Waals surface area contributed by atoms with Gasteiger partial charge in [0.15, 0.2) is 0 Å². The number of ether oxygens (including phenoxy) is 1. The highest BCUT2D eigenvalue weighted by molar-refractivity contribution is 7.90. The van der Waals surface area contributed by atoms with Gasteiger partial charge in [-0.2, -0.15) is 0 Å². The number of hydrogen-bond donors (Lipinski definition) is 2. The lowest BCUT2D eigenvalue weighted by Crippen LogP contribution is -2.52. The average molecular weight is 587 g/mol. The fraction of sp³-hybridized carbons (Fsp3) is 0.581. The number of anilines is 1. The van der Waals surface area contributed by atoms with Crippen LogP contribution in [-0.2, 0) is 21.9 Å². The maximum Gasteiger partial charge on any atom is 0.264 e. The van der Waals surface area contributed by atoms with Crippen LogP contribution in [0.5, 0.6) is 5.75 Å². The van der Waals surface area contributed by atoms with Gasteiger partial charge in [-0.05, 0) is 105 Å². The van der Waals surface area contributed by atoms with Crippen molar-refractivity contribution in [3.63, 3.8) is 0 Å². The second kappa shape index (κ2) is 10.5. The summed E-state index contributed by atoms with van der Waals surface area (Å²) in [6.45, 7) is 3.91. The SMILES string of the molecule is CC1(O)CCCCCS(=O)(=O)NC(=O)c2ccc3c(c2)N(CC2CCC21)CC1(CCCc2cc(Cl)ccc21)CO3. The molecule has 0 aromatic heterocycles. The minimum atomic E-state index is -3.76. The molecule has 2 heterocycles. The standard InChI is InChI=1S/C31H39ClN2O5S/c1-30(36)13-3-2-4-15-40(37,38)33-29(35)22-8-12-28-27(17-22)34(18-23-7-10-25(23)30)19-31(20-39-28)14-5-6-21-16-24(32)9-11-26(21)31/h8-9,11-12,16-17,23,25,36H,2-7,10,13-15,18-20H2,1H3,(H,33,35). The molecule has 2 aliphatic carbocycles. The maximum absolute atomic E-state index is 13.1. The molecule has 1 saturated carbocycles. The normalized spacial score (nSPS) is 32.1. The number of carbonyl (C=O) groups excluding carboxylic acids is 1. The molecule has 2 bridgehead atoms. The summed E-state index contributed by atoms with van der Waals surface area (Å²) in [4.78, 5) is 15.4. The first kappa shape index (κ1) is 27.9. The van der Waals surface area contributed by atoms with Crippen molar-refractivity contribution < 1.29 is 23.1 Å². The van der Waals surface area contributed by atoms with E-state index < -0.39 is 21.5 Å². The molecule has 1 amide bonds. The number of halogens is 1. The van der Waals surface area contributed by atoms with Gasteiger partial charge in [0.25, 0.3) is 5.91 Å². The van der Waals surface area contributed by atoms with Crippen molar-refractivity contribution in [2.75, 3.05) is 30.3 Å². The lowest BCUT2D eigenvalue weighted by molar-refractivity contribution is -0.0742. The monoisotopic (exact) mass is 586 g/mol. The van der Waals surface area contributed by atoms with E-state index in [2.05, 4.69) is 21.8 Å². The molecule has 1 spiro atoms. The molecule has 6 rings (SSSR count). The lowest BCUT2D eigenvalue weighted by atomic mass is 9.63. The number of nitrogens with zero attached hydrogens (tertiary/aromatic N) is 1. The first-order valence-corrected chi connectivity index (χ1v) is 16.7. The molecule has 4 unspecified atom stereocenters. The van der Waals surface area contributed by atoms with Gasteiger partial charge in [-0.1, -0.05) is 30.5 Å². The first-order valence-electron chi connectivity index (χ1n) is 14.6. The highest BCUT2D eigenvalue weighted by Crippen LogP contribution is 2.48. The van der Waals surface area contributed by atoms with Gasteiger partial charge in [0.05, 0.1) is 23.6 Å². The van der Waals surface area contributed by atoms with Crippen LogP contribution in [0.1, 0.15) is 79.8 Å². The molecule has 4 atom stereocenters. The third kappa shape index (κ3) is 5.35. The number of benzene rings is 2. The summed E-state index contributed by atoms with van der Waals surface area (Å²) in [5.41, 5.74) is 2.59. The zero-order valence-electron chi connectivity index (χ0n) is 23.1. The molecule has 2 aromatic rings. The number of fused-ring (bicyclic) bond motifs is 4. The largest absolute Gasteiger partial charge is 0.490 e. The molecule has 40 heavy (non-hydrogen) atoms. The van der Waals surface area contributed by atoms with Gasteiger partial charge in [-0.25, -0.2) is 13.1 Å². The third-order valence-electron chi connectivity index (χ3n) is 9.81. The molecule has 1 fully saturated rings. The van der Waals surface area contributed by atoms with E-state index in [1.807, 2.05) is 13.0 Å². The Morgan fingerprint density at radius 1 is 1.07 bits per heavy atom. The van der Waals surface area contributed by atoms with Crippen LogP contribution in [-0.4, -0.2) is 50.5 Å². The molecular weight excluding hydrogens is 548 g/mol. The van der Waals surface area contributed by atoms with Crippen LogP contribution in [0.2, 0.25) is 5.02 Å². The molecule has 216 valence electrons. The summed E-state index contributed by atoms with van der Waals surface area (Å²) in [5, 5.41) is 12.2. The summed E-state index contributed by atoms with van der Waals surface area (Å²) >= 11 is 6.38. The summed E-state index contributed by atoms with van der Waals surface area (Å²) in [5.74, 6) is 0.463. The number of hydrogen-bond acceptors (Lipinski definition) is 6. The Morgan fingerprint density at radius 2 is 1.93 bits per heavy atom. The molecule has 2 N–H and O–H groups in total. The van der Waals surface area contributed by atoms with Gasteiger partial charge in [-0.15, -0.1) is 0 Å². The van der Waals surface area contributed by atoms with Gasteiger partial charge in [0, 0.05) is 29.1 Å². The number of carbonyl (C=O) groups is 1. The Labute approximate surface area is 242 Å². The highest BCUT2D eigenvalue weighted by atomic mass is 35.5. The Morgan fingerprint density at radius 3 is 2.73 bits per heavy atom. The topological polar surface area (TPSA) is 95.9 Å².